The molecule has 1 aromatic rings. The van der Waals surface area contributed by atoms with Gasteiger partial charge < -0.3 is 10.1 Å². The van der Waals surface area contributed by atoms with Crippen LogP contribution in [0.15, 0.2) is 18.2 Å². The number of rotatable bonds is 6. The summed E-state index contributed by atoms with van der Waals surface area (Å²) in [5.74, 6) is 1.08. The molecule has 0 saturated heterocycles. The van der Waals surface area contributed by atoms with Crippen LogP contribution in [0.1, 0.15) is 64.1 Å². The summed E-state index contributed by atoms with van der Waals surface area (Å²) < 4.78 is 5.61. The molecule has 2 heteroatoms. The van der Waals surface area contributed by atoms with Gasteiger partial charge >= 0.3 is 0 Å². The van der Waals surface area contributed by atoms with Crippen LogP contribution in [0, 0.1) is 5.41 Å². The van der Waals surface area contributed by atoms with E-state index in [1.165, 1.54) is 30.4 Å². The van der Waals surface area contributed by atoms with E-state index in [-0.39, 0.29) is 0 Å². The van der Waals surface area contributed by atoms with Gasteiger partial charge in [0.25, 0.3) is 0 Å². The summed E-state index contributed by atoms with van der Waals surface area (Å²) in [5, 5.41) is 3.71. The Labute approximate surface area is 123 Å². The van der Waals surface area contributed by atoms with Crippen LogP contribution < -0.4 is 10.1 Å². The lowest BCUT2D eigenvalue weighted by Gasteiger charge is -2.24. The van der Waals surface area contributed by atoms with Gasteiger partial charge in [0.2, 0.25) is 0 Å². The van der Waals surface area contributed by atoms with Crippen molar-refractivity contribution in [2.24, 2.45) is 5.41 Å². The number of nitrogens with one attached hydrogen (secondary N) is 1. The molecule has 112 valence electrons. The number of hydrogen-bond acceptors (Lipinski definition) is 2. The molecule has 1 aliphatic rings. The van der Waals surface area contributed by atoms with Crippen molar-refractivity contribution >= 4 is 0 Å². The van der Waals surface area contributed by atoms with Gasteiger partial charge in [-0.3, -0.25) is 0 Å². The van der Waals surface area contributed by atoms with Crippen molar-refractivity contribution in [1.29, 1.82) is 0 Å². The molecule has 0 saturated carbocycles. The minimum atomic E-state index is 0.395. The van der Waals surface area contributed by atoms with Crippen molar-refractivity contribution in [3.63, 3.8) is 0 Å². The van der Waals surface area contributed by atoms with Crippen LogP contribution >= 0.6 is 0 Å². The second kappa shape index (κ2) is 6.62. The van der Waals surface area contributed by atoms with Crippen LogP contribution in [0.4, 0.5) is 0 Å². The van der Waals surface area contributed by atoms with E-state index in [2.05, 4.69) is 51.2 Å². The highest BCUT2D eigenvalue weighted by atomic mass is 16.5. The van der Waals surface area contributed by atoms with Gasteiger partial charge in [0.15, 0.2) is 0 Å². The topological polar surface area (TPSA) is 21.3 Å². The zero-order chi connectivity index (χ0) is 14.6. The number of fused-ring (bicyclic) bond motifs is 1. The highest BCUT2D eigenvalue weighted by Gasteiger charge is 2.19. The summed E-state index contributed by atoms with van der Waals surface area (Å²) >= 11 is 0. The van der Waals surface area contributed by atoms with Gasteiger partial charge in [0.05, 0.1) is 6.61 Å². The number of benzene rings is 1. The molecule has 1 unspecified atom stereocenters. The largest absolute Gasteiger partial charge is 0.493 e. The fourth-order valence-corrected chi connectivity index (χ4v) is 2.71. The van der Waals surface area contributed by atoms with Crippen LogP contribution in [0.25, 0.3) is 0 Å². The Morgan fingerprint density at radius 1 is 1.30 bits per heavy atom. The van der Waals surface area contributed by atoms with E-state index in [9.17, 15) is 0 Å². The molecule has 2 rings (SSSR count). The number of hydrogen-bond donors (Lipinski definition) is 1. The normalized spacial score (nSPS) is 15.8. The average Bonchev–Trinajstić information content (AvgIpc) is 2.85. The molecule has 1 aliphatic heterocycles. The summed E-state index contributed by atoms with van der Waals surface area (Å²) in [5.41, 5.74) is 3.19. The monoisotopic (exact) mass is 275 g/mol. The van der Waals surface area contributed by atoms with E-state index in [0.717, 1.165) is 25.3 Å². The zero-order valence-electron chi connectivity index (χ0n) is 13.5. The van der Waals surface area contributed by atoms with Crippen molar-refractivity contribution in [2.45, 2.75) is 59.4 Å². The van der Waals surface area contributed by atoms with Gasteiger partial charge in [-0.15, -0.1) is 0 Å². The molecular formula is C18H29NO. The maximum Gasteiger partial charge on any atom is 0.122 e. The molecule has 2 nitrogen and oxygen atoms in total. The lowest BCUT2D eigenvalue weighted by atomic mass is 9.87. The van der Waals surface area contributed by atoms with Gasteiger partial charge in [-0.1, -0.05) is 39.8 Å². The summed E-state index contributed by atoms with van der Waals surface area (Å²) in [4.78, 5) is 0. The predicted molar refractivity (Wildman–Crippen MR) is 85.4 cm³/mol. The Morgan fingerprint density at radius 2 is 2.10 bits per heavy atom. The van der Waals surface area contributed by atoms with E-state index in [4.69, 9.17) is 4.74 Å². The highest BCUT2D eigenvalue weighted by Crippen LogP contribution is 2.32. The SMILES string of the molecule is CCCNC(CCC(C)(C)C)c1ccc2c(c1)CCO2. The third-order valence-corrected chi connectivity index (χ3v) is 3.94. The van der Waals surface area contributed by atoms with Crippen LogP contribution in [-0.4, -0.2) is 13.2 Å². The molecule has 0 aliphatic carbocycles. The average molecular weight is 275 g/mol. The van der Waals surface area contributed by atoms with Crippen molar-refractivity contribution in [3.8, 4) is 5.75 Å². The van der Waals surface area contributed by atoms with E-state index in [0.29, 0.717) is 11.5 Å². The van der Waals surface area contributed by atoms with E-state index >= 15 is 0 Å². The lowest BCUT2D eigenvalue weighted by Crippen LogP contribution is -2.23. The van der Waals surface area contributed by atoms with Crippen molar-refractivity contribution < 1.29 is 4.74 Å². The van der Waals surface area contributed by atoms with Crippen molar-refractivity contribution in [3.05, 3.63) is 29.3 Å². The highest BCUT2D eigenvalue weighted by molar-refractivity contribution is 5.40. The van der Waals surface area contributed by atoms with Gasteiger partial charge in [-0.05, 0) is 48.4 Å². The first-order valence-corrected chi connectivity index (χ1v) is 7.98. The fourth-order valence-electron chi connectivity index (χ4n) is 2.71. The quantitative estimate of drug-likeness (QED) is 0.826. The molecule has 0 spiro atoms. The lowest BCUT2D eigenvalue weighted by molar-refractivity contribution is 0.332. The van der Waals surface area contributed by atoms with Crippen LogP contribution in [0.5, 0.6) is 5.75 Å². The maximum atomic E-state index is 5.61. The molecule has 1 heterocycles. The maximum absolute atomic E-state index is 5.61. The standard InChI is InChI=1S/C18H29NO/c1-5-11-19-16(8-10-18(2,3)4)14-6-7-17-15(13-14)9-12-20-17/h6-7,13,16,19H,5,8-12H2,1-4H3. The van der Waals surface area contributed by atoms with Crippen LogP contribution in [-0.2, 0) is 6.42 Å². The molecule has 20 heavy (non-hydrogen) atoms. The van der Waals surface area contributed by atoms with Gasteiger partial charge in [-0.25, -0.2) is 0 Å². The van der Waals surface area contributed by atoms with Crippen LogP contribution in [0.3, 0.4) is 0 Å². The third-order valence-electron chi connectivity index (χ3n) is 3.94. The Balaban J connectivity index is 2.09. The zero-order valence-corrected chi connectivity index (χ0v) is 13.5. The van der Waals surface area contributed by atoms with Crippen molar-refractivity contribution in [1.82, 2.24) is 5.32 Å². The molecule has 1 atom stereocenters. The summed E-state index contributed by atoms with van der Waals surface area (Å²) in [6.45, 7) is 11.1. The van der Waals surface area contributed by atoms with Gasteiger partial charge in [0, 0.05) is 12.5 Å². The molecular weight excluding hydrogens is 246 g/mol. The summed E-state index contributed by atoms with van der Waals surface area (Å²) in [6.07, 6.45) is 4.67. The molecule has 0 fully saturated rings. The summed E-state index contributed by atoms with van der Waals surface area (Å²) in [6, 6.07) is 7.20. The predicted octanol–water partition coefficient (Wildman–Crippen LogP) is 4.49. The summed E-state index contributed by atoms with van der Waals surface area (Å²) in [7, 11) is 0. The first kappa shape index (κ1) is 15.4. The van der Waals surface area contributed by atoms with Gasteiger partial charge in [-0.2, -0.15) is 0 Å². The molecule has 0 radical (unpaired) electrons. The first-order chi connectivity index (χ1) is 9.49. The van der Waals surface area contributed by atoms with Gasteiger partial charge in [0.1, 0.15) is 5.75 Å². The molecule has 0 amide bonds. The first-order valence-electron chi connectivity index (χ1n) is 7.98. The minimum Gasteiger partial charge on any atom is -0.493 e. The molecule has 1 N–H and O–H groups in total. The Bertz CT molecular complexity index is 434. The fraction of sp³-hybridized carbons (Fsp3) is 0.667. The Kier molecular flexibility index (Phi) is 5.09. The van der Waals surface area contributed by atoms with E-state index in [1.807, 2.05) is 0 Å². The van der Waals surface area contributed by atoms with Crippen molar-refractivity contribution in [2.75, 3.05) is 13.2 Å². The third kappa shape index (κ3) is 4.24. The van der Waals surface area contributed by atoms with E-state index < -0.39 is 0 Å². The van der Waals surface area contributed by atoms with Crippen LogP contribution in [0.2, 0.25) is 0 Å². The number of ether oxygens (including phenoxy) is 1. The second-order valence-corrected chi connectivity index (χ2v) is 7.07. The second-order valence-electron chi connectivity index (χ2n) is 7.07. The van der Waals surface area contributed by atoms with E-state index in [1.54, 1.807) is 0 Å². The Morgan fingerprint density at radius 3 is 2.80 bits per heavy atom. The Hall–Kier alpha value is -1.02. The molecule has 0 aromatic heterocycles. The molecule has 0 bridgehead atoms. The smallest absolute Gasteiger partial charge is 0.122 e. The molecule has 1 aromatic carbocycles. The minimum absolute atomic E-state index is 0.395.